The monoisotopic (exact) mass is 382 g/mol. The fraction of sp³-hybridized carbons (Fsp3) is 0.318. The fourth-order valence-corrected chi connectivity index (χ4v) is 4.40. The molecule has 2 aromatic rings. The van der Waals surface area contributed by atoms with Crippen molar-refractivity contribution in [3.8, 4) is 5.75 Å². The first-order chi connectivity index (χ1) is 12.7. The highest BCUT2D eigenvalue weighted by Gasteiger charge is 2.39. The van der Waals surface area contributed by atoms with Gasteiger partial charge in [-0.1, -0.05) is 43.6 Å². The number of carbonyl (C=O) groups excluding carboxylic acids is 1. The number of para-hydroxylation sites is 1. The number of phenolic OH excluding ortho intramolecular Hbond substituents is 1. The first-order valence-electron chi connectivity index (χ1n) is 9.13. The van der Waals surface area contributed by atoms with Crippen molar-refractivity contribution >= 4 is 28.8 Å². The largest absolute Gasteiger partial charge is 0.506 e. The third kappa shape index (κ3) is 3.19. The van der Waals surface area contributed by atoms with Crippen LogP contribution in [0, 0.1) is 12.3 Å². The highest BCUT2D eigenvalue weighted by Crippen LogP contribution is 2.48. The maximum atomic E-state index is 13.2. The number of aryl methyl sites for hydroxylation is 1. The Balaban J connectivity index is 1.93. The number of hydrogen-bond donors (Lipinski definition) is 3. The molecule has 0 aromatic heterocycles. The van der Waals surface area contributed by atoms with E-state index in [2.05, 4.69) is 24.5 Å². The van der Waals surface area contributed by atoms with E-state index >= 15 is 0 Å². The normalized spacial score (nSPS) is 20.9. The second-order valence-corrected chi connectivity index (χ2v) is 8.67. The van der Waals surface area contributed by atoms with Gasteiger partial charge in [0, 0.05) is 22.7 Å². The summed E-state index contributed by atoms with van der Waals surface area (Å²) in [4.78, 5) is 13.2. The number of ketones is 1. The van der Waals surface area contributed by atoms with Crippen LogP contribution in [0.4, 0.5) is 11.4 Å². The number of aromatic hydroxyl groups is 1. The summed E-state index contributed by atoms with van der Waals surface area (Å²) < 4.78 is 0. The summed E-state index contributed by atoms with van der Waals surface area (Å²) in [7, 11) is 0. The van der Waals surface area contributed by atoms with Crippen molar-refractivity contribution < 1.29 is 9.90 Å². The van der Waals surface area contributed by atoms with Crippen molar-refractivity contribution in [2.75, 3.05) is 10.6 Å². The molecule has 0 radical (unpaired) electrons. The molecule has 0 saturated heterocycles. The zero-order chi connectivity index (χ0) is 19.3. The molecule has 27 heavy (non-hydrogen) atoms. The van der Waals surface area contributed by atoms with Gasteiger partial charge in [0.05, 0.1) is 11.7 Å². The van der Waals surface area contributed by atoms with Crippen LogP contribution in [-0.2, 0) is 4.79 Å². The Morgan fingerprint density at radius 3 is 2.70 bits per heavy atom. The van der Waals surface area contributed by atoms with E-state index in [1.807, 2.05) is 31.2 Å². The lowest BCUT2D eigenvalue weighted by Gasteiger charge is -2.34. The van der Waals surface area contributed by atoms with Gasteiger partial charge in [-0.05, 0) is 48.1 Å². The topological polar surface area (TPSA) is 61.4 Å². The molecule has 0 spiro atoms. The maximum Gasteiger partial charge on any atom is 0.163 e. The predicted octanol–water partition coefficient (Wildman–Crippen LogP) is 5.58. The zero-order valence-corrected chi connectivity index (χ0v) is 16.4. The van der Waals surface area contributed by atoms with Crippen molar-refractivity contribution in [1.82, 2.24) is 0 Å². The first-order valence-corrected chi connectivity index (χ1v) is 9.51. The standard InChI is InChI=1S/C22H23ClN2O2/c1-12-7-8-13(14(23)9-12)20-19-16(10-22(2,3)11-18(19)27)25-21-15(24-20)5-4-6-17(21)26/h4-9,20,24-26H,10-11H2,1-3H3/t20-/m0/s1. The third-order valence-corrected chi connectivity index (χ3v) is 5.62. The Morgan fingerprint density at radius 2 is 1.96 bits per heavy atom. The van der Waals surface area contributed by atoms with Gasteiger partial charge in [-0.3, -0.25) is 4.79 Å². The van der Waals surface area contributed by atoms with Crippen molar-refractivity contribution in [3.05, 3.63) is 63.8 Å². The Kier molecular flexibility index (Phi) is 4.19. The van der Waals surface area contributed by atoms with Crippen LogP contribution < -0.4 is 10.6 Å². The molecule has 4 rings (SSSR count). The first kappa shape index (κ1) is 17.9. The molecule has 4 nitrogen and oxygen atoms in total. The lowest BCUT2D eigenvalue weighted by Crippen LogP contribution is -2.31. The van der Waals surface area contributed by atoms with Gasteiger partial charge in [-0.25, -0.2) is 0 Å². The highest BCUT2D eigenvalue weighted by molar-refractivity contribution is 6.31. The molecule has 140 valence electrons. The summed E-state index contributed by atoms with van der Waals surface area (Å²) in [5.74, 6) is 0.258. The number of halogens is 1. The molecule has 2 aliphatic rings. The second-order valence-electron chi connectivity index (χ2n) is 8.26. The van der Waals surface area contributed by atoms with E-state index < -0.39 is 0 Å². The van der Waals surface area contributed by atoms with Gasteiger partial charge in [0.25, 0.3) is 0 Å². The van der Waals surface area contributed by atoms with Gasteiger partial charge in [-0.2, -0.15) is 0 Å². The van der Waals surface area contributed by atoms with Crippen molar-refractivity contribution in [2.45, 2.75) is 39.7 Å². The summed E-state index contributed by atoms with van der Waals surface area (Å²) >= 11 is 6.57. The number of hydrogen-bond acceptors (Lipinski definition) is 4. The van der Waals surface area contributed by atoms with Gasteiger partial charge in [0.15, 0.2) is 5.78 Å². The Labute approximate surface area is 164 Å². The fourth-order valence-electron chi connectivity index (χ4n) is 4.05. The Morgan fingerprint density at radius 1 is 1.19 bits per heavy atom. The van der Waals surface area contributed by atoms with Crippen LogP contribution in [0.3, 0.4) is 0 Å². The van der Waals surface area contributed by atoms with Crippen molar-refractivity contribution in [1.29, 1.82) is 0 Å². The van der Waals surface area contributed by atoms with E-state index in [4.69, 9.17) is 11.6 Å². The molecule has 1 aliphatic carbocycles. The average molecular weight is 383 g/mol. The van der Waals surface area contributed by atoms with Crippen LogP contribution in [0.1, 0.15) is 43.9 Å². The number of anilines is 2. The SMILES string of the molecule is Cc1ccc([C@@H]2Nc3cccc(O)c3NC3=C2C(=O)CC(C)(C)C3)c(Cl)c1. The molecule has 2 aromatic carbocycles. The summed E-state index contributed by atoms with van der Waals surface area (Å²) in [6.07, 6.45) is 1.21. The molecule has 0 saturated carbocycles. The molecular formula is C22H23ClN2O2. The van der Waals surface area contributed by atoms with E-state index in [1.54, 1.807) is 12.1 Å². The molecule has 1 aliphatic heterocycles. The van der Waals surface area contributed by atoms with Crippen LogP contribution in [0.5, 0.6) is 5.75 Å². The van der Waals surface area contributed by atoms with Crippen LogP contribution in [0.15, 0.2) is 47.7 Å². The third-order valence-electron chi connectivity index (χ3n) is 5.29. The number of fused-ring (bicyclic) bond motifs is 1. The summed E-state index contributed by atoms with van der Waals surface area (Å²) in [6.45, 7) is 6.17. The lowest BCUT2D eigenvalue weighted by atomic mass is 9.73. The van der Waals surface area contributed by atoms with E-state index in [0.717, 1.165) is 28.9 Å². The quantitative estimate of drug-likeness (QED) is 0.564. The minimum Gasteiger partial charge on any atom is -0.506 e. The second kappa shape index (κ2) is 6.31. The van der Waals surface area contributed by atoms with Gasteiger partial charge in [-0.15, -0.1) is 0 Å². The molecule has 3 N–H and O–H groups in total. The Bertz CT molecular complexity index is 978. The predicted molar refractivity (Wildman–Crippen MR) is 109 cm³/mol. The molecule has 0 unspecified atom stereocenters. The van der Waals surface area contributed by atoms with Crippen LogP contribution in [0.25, 0.3) is 0 Å². The number of carbonyl (C=O) groups is 1. The molecule has 1 atom stereocenters. The highest BCUT2D eigenvalue weighted by atomic mass is 35.5. The maximum absolute atomic E-state index is 13.2. The number of nitrogens with one attached hydrogen (secondary N) is 2. The van der Waals surface area contributed by atoms with E-state index in [-0.39, 0.29) is 23.0 Å². The van der Waals surface area contributed by atoms with E-state index in [0.29, 0.717) is 22.7 Å². The molecule has 0 bridgehead atoms. The minimum atomic E-state index is -0.368. The molecule has 0 fully saturated rings. The van der Waals surface area contributed by atoms with Crippen LogP contribution in [-0.4, -0.2) is 10.9 Å². The lowest BCUT2D eigenvalue weighted by molar-refractivity contribution is -0.118. The smallest absolute Gasteiger partial charge is 0.163 e. The van der Waals surface area contributed by atoms with E-state index in [9.17, 15) is 9.90 Å². The van der Waals surface area contributed by atoms with E-state index in [1.165, 1.54) is 0 Å². The average Bonchev–Trinajstić information content (AvgIpc) is 2.71. The number of allylic oxidation sites excluding steroid dienone is 1. The summed E-state index contributed by atoms with van der Waals surface area (Å²) in [5.41, 5.74) is 4.69. The number of Topliss-reactive ketones (excluding diaryl/α,β-unsaturated/α-hetero) is 1. The molecular weight excluding hydrogens is 360 g/mol. The summed E-state index contributed by atoms with van der Waals surface area (Å²) in [5, 5.41) is 17.8. The van der Waals surface area contributed by atoms with Gasteiger partial charge < -0.3 is 15.7 Å². The van der Waals surface area contributed by atoms with Crippen LogP contribution >= 0.6 is 11.6 Å². The van der Waals surface area contributed by atoms with Crippen LogP contribution in [0.2, 0.25) is 5.02 Å². The van der Waals surface area contributed by atoms with Crippen molar-refractivity contribution in [3.63, 3.8) is 0 Å². The van der Waals surface area contributed by atoms with Gasteiger partial charge in [0.1, 0.15) is 11.4 Å². The minimum absolute atomic E-state index is 0.107. The molecule has 1 heterocycles. The van der Waals surface area contributed by atoms with Gasteiger partial charge in [0.2, 0.25) is 0 Å². The number of benzene rings is 2. The Hall–Kier alpha value is -2.46. The zero-order valence-electron chi connectivity index (χ0n) is 15.7. The molecule has 0 amide bonds. The van der Waals surface area contributed by atoms with Crippen molar-refractivity contribution in [2.24, 2.45) is 5.41 Å². The molecule has 5 heteroatoms. The number of phenols is 1. The summed E-state index contributed by atoms with van der Waals surface area (Å²) in [6, 6.07) is 10.8. The number of rotatable bonds is 1. The van der Waals surface area contributed by atoms with Gasteiger partial charge >= 0.3 is 0 Å².